The van der Waals surface area contributed by atoms with Crippen molar-refractivity contribution in [2.45, 2.75) is 32.0 Å². The van der Waals surface area contributed by atoms with Crippen LogP contribution in [0.3, 0.4) is 0 Å². The predicted octanol–water partition coefficient (Wildman–Crippen LogP) is 2.44. The Kier molecular flexibility index (Phi) is 3.36. The molecule has 0 radical (unpaired) electrons. The van der Waals surface area contributed by atoms with Gasteiger partial charge in [0.25, 0.3) is 0 Å². The van der Waals surface area contributed by atoms with Gasteiger partial charge in [-0.1, -0.05) is 0 Å². The van der Waals surface area contributed by atoms with Crippen molar-refractivity contribution in [2.75, 3.05) is 7.11 Å². The summed E-state index contributed by atoms with van der Waals surface area (Å²) < 4.78 is 13.2. The summed E-state index contributed by atoms with van der Waals surface area (Å²) in [6, 6.07) is 5.71. The molecule has 1 aromatic heterocycles. The van der Waals surface area contributed by atoms with Gasteiger partial charge in [-0.05, 0) is 25.1 Å². The van der Waals surface area contributed by atoms with Crippen LogP contribution in [0.1, 0.15) is 36.6 Å². The first-order chi connectivity index (χ1) is 9.71. The fraction of sp³-hybridized carbons (Fsp3) is 0.400. The molecule has 1 aromatic carbocycles. The summed E-state index contributed by atoms with van der Waals surface area (Å²) in [7, 11) is 1.65. The topological polar surface area (TPSA) is 62.3 Å². The number of hydrogen-bond acceptors (Lipinski definition) is 4. The summed E-state index contributed by atoms with van der Waals surface area (Å²) >= 11 is 0. The maximum Gasteiger partial charge on any atom is 0.129 e. The number of ether oxygens (including phenoxy) is 2. The van der Waals surface area contributed by atoms with Gasteiger partial charge in [0.2, 0.25) is 0 Å². The van der Waals surface area contributed by atoms with Crippen molar-refractivity contribution in [3.63, 3.8) is 0 Å². The molecule has 2 atom stereocenters. The third kappa shape index (κ3) is 2.25. The van der Waals surface area contributed by atoms with Gasteiger partial charge in [-0.2, -0.15) is 5.10 Å². The van der Waals surface area contributed by atoms with E-state index in [4.69, 9.17) is 15.2 Å². The average molecular weight is 273 g/mol. The van der Waals surface area contributed by atoms with E-state index in [0.717, 1.165) is 35.6 Å². The highest BCUT2D eigenvalue weighted by Gasteiger charge is 2.28. The first-order valence-corrected chi connectivity index (χ1v) is 6.83. The number of nitrogens with two attached hydrogens (primary N) is 1. The van der Waals surface area contributed by atoms with E-state index in [9.17, 15) is 0 Å². The van der Waals surface area contributed by atoms with Crippen LogP contribution in [0.5, 0.6) is 11.5 Å². The Bertz CT molecular complexity index is 609. The van der Waals surface area contributed by atoms with Crippen molar-refractivity contribution in [2.24, 2.45) is 5.73 Å². The minimum Gasteiger partial charge on any atom is -0.497 e. The first-order valence-electron chi connectivity index (χ1n) is 6.83. The quantitative estimate of drug-likeness (QED) is 0.933. The van der Waals surface area contributed by atoms with Gasteiger partial charge in [0, 0.05) is 36.3 Å². The standard InChI is InChI=1S/C15H19N3O2/c1-3-18-9-10(8-17-18)15-7-13(16)12-6-11(19-2)4-5-14(12)20-15/h4-6,8-9,13,15H,3,7,16H2,1-2H3/t13-,15?/m0/s1. The van der Waals surface area contributed by atoms with Gasteiger partial charge in [-0.3, -0.25) is 4.68 Å². The van der Waals surface area contributed by atoms with Crippen molar-refractivity contribution in [3.05, 3.63) is 41.7 Å². The summed E-state index contributed by atoms with van der Waals surface area (Å²) in [5.74, 6) is 1.64. The second kappa shape index (κ2) is 5.17. The van der Waals surface area contributed by atoms with Crippen LogP contribution in [0.2, 0.25) is 0 Å². The molecule has 0 spiro atoms. The van der Waals surface area contributed by atoms with Crippen LogP contribution in [-0.2, 0) is 6.54 Å². The molecule has 106 valence electrons. The third-order valence-electron chi connectivity index (χ3n) is 3.70. The number of benzene rings is 1. The SMILES string of the molecule is CCn1cc(C2C[C@H](N)c3cc(OC)ccc3O2)cn1. The molecule has 2 N–H and O–H groups in total. The van der Waals surface area contributed by atoms with Gasteiger partial charge in [0.15, 0.2) is 0 Å². The van der Waals surface area contributed by atoms with Gasteiger partial charge in [-0.15, -0.1) is 0 Å². The van der Waals surface area contributed by atoms with E-state index < -0.39 is 0 Å². The normalized spacial score (nSPS) is 21.1. The van der Waals surface area contributed by atoms with Crippen LogP contribution < -0.4 is 15.2 Å². The van der Waals surface area contributed by atoms with Crippen molar-refractivity contribution < 1.29 is 9.47 Å². The molecule has 1 aliphatic rings. The highest BCUT2D eigenvalue weighted by atomic mass is 16.5. The zero-order chi connectivity index (χ0) is 14.1. The zero-order valence-corrected chi connectivity index (χ0v) is 11.7. The molecule has 5 nitrogen and oxygen atoms in total. The Labute approximate surface area is 118 Å². The molecular formula is C15H19N3O2. The minimum absolute atomic E-state index is 0.0359. The summed E-state index contributed by atoms with van der Waals surface area (Å²) in [4.78, 5) is 0. The molecule has 0 amide bonds. The smallest absolute Gasteiger partial charge is 0.129 e. The Morgan fingerprint density at radius 3 is 3.05 bits per heavy atom. The molecule has 1 aliphatic heterocycles. The van der Waals surface area contributed by atoms with Crippen molar-refractivity contribution in [3.8, 4) is 11.5 Å². The van der Waals surface area contributed by atoms with Crippen LogP contribution in [0.15, 0.2) is 30.6 Å². The molecule has 20 heavy (non-hydrogen) atoms. The Balaban J connectivity index is 1.88. The molecule has 0 aliphatic carbocycles. The number of fused-ring (bicyclic) bond motifs is 1. The van der Waals surface area contributed by atoms with Gasteiger partial charge in [-0.25, -0.2) is 0 Å². The van der Waals surface area contributed by atoms with Crippen molar-refractivity contribution in [1.29, 1.82) is 0 Å². The lowest BCUT2D eigenvalue weighted by molar-refractivity contribution is 0.161. The van der Waals surface area contributed by atoms with E-state index in [-0.39, 0.29) is 12.1 Å². The highest BCUT2D eigenvalue weighted by Crippen LogP contribution is 2.40. The molecular weight excluding hydrogens is 254 g/mol. The maximum absolute atomic E-state index is 6.27. The lowest BCUT2D eigenvalue weighted by atomic mass is 9.95. The second-order valence-electron chi connectivity index (χ2n) is 4.98. The van der Waals surface area contributed by atoms with Crippen molar-refractivity contribution in [1.82, 2.24) is 9.78 Å². The molecule has 2 aromatic rings. The van der Waals surface area contributed by atoms with Crippen LogP contribution in [0.4, 0.5) is 0 Å². The van der Waals surface area contributed by atoms with Crippen LogP contribution >= 0.6 is 0 Å². The predicted molar refractivity (Wildman–Crippen MR) is 75.8 cm³/mol. The Morgan fingerprint density at radius 1 is 1.50 bits per heavy atom. The number of hydrogen-bond donors (Lipinski definition) is 1. The summed E-state index contributed by atoms with van der Waals surface area (Å²) in [6.45, 7) is 2.92. The Morgan fingerprint density at radius 2 is 2.35 bits per heavy atom. The molecule has 2 heterocycles. The van der Waals surface area contributed by atoms with Crippen LogP contribution in [0, 0.1) is 0 Å². The fourth-order valence-corrected chi connectivity index (χ4v) is 2.53. The minimum atomic E-state index is -0.0520. The van der Waals surface area contributed by atoms with E-state index in [0.29, 0.717) is 0 Å². The molecule has 0 fully saturated rings. The van der Waals surface area contributed by atoms with E-state index >= 15 is 0 Å². The van der Waals surface area contributed by atoms with E-state index in [1.165, 1.54) is 0 Å². The number of methoxy groups -OCH3 is 1. The molecule has 3 rings (SSSR count). The van der Waals surface area contributed by atoms with Gasteiger partial charge >= 0.3 is 0 Å². The largest absolute Gasteiger partial charge is 0.497 e. The highest BCUT2D eigenvalue weighted by molar-refractivity contribution is 5.44. The number of nitrogens with zero attached hydrogens (tertiary/aromatic N) is 2. The summed E-state index contributed by atoms with van der Waals surface area (Å²) in [5, 5.41) is 4.29. The van der Waals surface area contributed by atoms with Crippen LogP contribution in [-0.4, -0.2) is 16.9 Å². The van der Waals surface area contributed by atoms with Gasteiger partial charge in [0.05, 0.1) is 13.3 Å². The van der Waals surface area contributed by atoms with E-state index in [2.05, 4.69) is 12.0 Å². The van der Waals surface area contributed by atoms with E-state index in [1.54, 1.807) is 7.11 Å². The summed E-state index contributed by atoms with van der Waals surface area (Å²) in [5.41, 5.74) is 8.35. The first kappa shape index (κ1) is 13.0. The number of rotatable bonds is 3. The number of aromatic nitrogens is 2. The molecule has 0 saturated carbocycles. The Hall–Kier alpha value is -2.01. The monoisotopic (exact) mass is 273 g/mol. The molecule has 0 bridgehead atoms. The maximum atomic E-state index is 6.27. The third-order valence-corrected chi connectivity index (χ3v) is 3.70. The molecule has 0 saturated heterocycles. The van der Waals surface area contributed by atoms with Gasteiger partial charge in [0.1, 0.15) is 17.6 Å². The van der Waals surface area contributed by atoms with Crippen molar-refractivity contribution >= 4 is 0 Å². The average Bonchev–Trinajstić information content (AvgIpc) is 2.96. The zero-order valence-electron chi connectivity index (χ0n) is 11.7. The number of aryl methyl sites for hydroxylation is 1. The fourth-order valence-electron chi connectivity index (χ4n) is 2.53. The summed E-state index contributed by atoms with van der Waals surface area (Å²) in [6.07, 6.45) is 4.59. The molecule has 1 unspecified atom stereocenters. The lowest BCUT2D eigenvalue weighted by Gasteiger charge is -2.30. The van der Waals surface area contributed by atoms with E-state index in [1.807, 2.05) is 35.3 Å². The molecule has 5 heteroatoms. The lowest BCUT2D eigenvalue weighted by Crippen LogP contribution is -2.24. The van der Waals surface area contributed by atoms with Gasteiger partial charge < -0.3 is 15.2 Å². The van der Waals surface area contributed by atoms with Crippen LogP contribution in [0.25, 0.3) is 0 Å². The second-order valence-corrected chi connectivity index (χ2v) is 4.98.